The van der Waals surface area contributed by atoms with Gasteiger partial charge in [0.25, 0.3) is 5.91 Å². The minimum atomic E-state index is -0.503. The number of rotatable bonds is 23. The summed E-state index contributed by atoms with van der Waals surface area (Å²) in [5.41, 5.74) is -0.128. The molecule has 1 amide bonds. The predicted molar refractivity (Wildman–Crippen MR) is 171 cm³/mol. The lowest BCUT2D eigenvalue weighted by atomic mass is 10.0. The summed E-state index contributed by atoms with van der Waals surface area (Å²) < 4.78 is 11.8. The maximum atomic E-state index is 12.7. The molecule has 0 aromatic heterocycles. The number of carbonyl (C=O) groups excluding carboxylic acids is 2. The van der Waals surface area contributed by atoms with Crippen molar-refractivity contribution in [1.29, 1.82) is 0 Å². The van der Waals surface area contributed by atoms with Crippen molar-refractivity contribution >= 4 is 11.9 Å². The van der Waals surface area contributed by atoms with Gasteiger partial charge in [0.15, 0.2) is 5.43 Å². The lowest BCUT2D eigenvalue weighted by molar-refractivity contribution is 0.0480. The van der Waals surface area contributed by atoms with Gasteiger partial charge in [-0.3, -0.25) is 9.59 Å². The van der Waals surface area contributed by atoms with Gasteiger partial charge in [-0.15, -0.1) is 0 Å². The van der Waals surface area contributed by atoms with Gasteiger partial charge >= 0.3 is 5.97 Å². The molecule has 0 spiro atoms. The van der Waals surface area contributed by atoms with E-state index in [0.29, 0.717) is 13.0 Å². The predicted octanol–water partition coefficient (Wildman–Crippen LogP) is 8.66. The first kappa shape index (κ1) is 35.0. The molecule has 6 nitrogen and oxygen atoms in total. The van der Waals surface area contributed by atoms with Crippen LogP contribution in [0.1, 0.15) is 137 Å². The van der Waals surface area contributed by atoms with Crippen LogP contribution in [0.15, 0.2) is 59.4 Å². The van der Waals surface area contributed by atoms with Crippen LogP contribution in [0.4, 0.5) is 0 Å². The van der Waals surface area contributed by atoms with Gasteiger partial charge in [-0.1, -0.05) is 103 Å². The summed E-state index contributed by atoms with van der Waals surface area (Å²) in [5.74, 6) is -0.0502. The summed E-state index contributed by atoms with van der Waals surface area (Å²) >= 11 is 0. The Morgan fingerprint density at radius 2 is 1.29 bits per heavy atom. The number of benzene rings is 1. The van der Waals surface area contributed by atoms with Crippen LogP contribution in [0.2, 0.25) is 0 Å². The molecule has 1 unspecified atom stereocenters. The van der Waals surface area contributed by atoms with E-state index >= 15 is 0 Å². The average molecular weight is 580 g/mol. The number of unbranched alkanes of at least 4 members (excludes halogenated alkanes) is 11. The molecule has 1 N–H and O–H groups in total. The number of hydrogen-bond acceptors (Lipinski definition) is 5. The van der Waals surface area contributed by atoms with Gasteiger partial charge < -0.3 is 14.8 Å². The van der Waals surface area contributed by atoms with Gasteiger partial charge in [0.1, 0.15) is 5.75 Å². The third-order valence-corrected chi connectivity index (χ3v) is 7.48. The second kappa shape index (κ2) is 22.4. The van der Waals surface area contributed by atoms with E-state index in [4.69, 9.17) is 9.47 Å². The van der Waals surface area contributed by atoms with E-state index in [9.17, 15) is 14.4 Å². The van der Waals surface area contributed by atoms with E-state index in [1.807, 2.05) is 30.3 Å². The maximum absolute atomic E-state index is 12.7. The lowest BCUT2D eigenvalue weighted by Crippen LogP contribution is -2.28. The van der Waals surface area contributed by atoms with Gasteiger partial charge in [0.2, 0.25) is 0 Å². The topological polar surface area (TPSA) is 81.7 Å². The van der Waals surface area contributed by atoms with Crippen LogP contribution in [-0.2, 0) is 4.74 Å². The molecular formula is C36H53NO5. The monoisotopic (exact) mass is 579 g/mol. The molecule has 0 aliphatic heterocycles. The van der Waals surface area contributed by atoms with Crippen molar-refractivity contribution in [1.82, 2.24) is 5.32 Å². The number of para-hydroxylation sites is 1. The van der Waals surface area contributed by atoms with Crippen molar-refractivity contribution in [3.63, 3.8) is 0 Å². The molecule has 2 aromatic carbocycles. The van der Waals surface area contributed by atoms with Crippen LogP contribution >= 0.6 is 0 Å². The fourth-order valence-electron chi connectivity index (χ4n) is 4.93. The van der Waals surface area contributed by atoms with Gasteiger partial charge in [-0.2, -0.15) is 0 Å². The number of hydrogen-bond donors (Lipinski definition) is 1. The van der Waals surface area contributed by atoms with E-state index in [1.165, 1.54) is 82.1 Å². The lowest BCUT2D eigenvalue weighted by Gasteiger charge is -2.19. The van der Waals surface area contributed by atoms with Crippen molar-refractivity contribution in [3.8, 4) is 5.75 Å². The smallest absolute Gasteiger partial charge is 0.338 e. The third-order valence-electron chi connectivity index (χ3n) is 7.48. The standard InChI is InChI=1S/C36H53NO5/c1-3-5-7-9-11-13-18-28-37-35(39)33-26-24-30(25-27-34(33)38)36(40)41-29-19-23-32(20-15-12-10-8-6-4-2)42-31-21-16-14-17-22-31/h14,16-17,21-22,24-27,32H,3-13,15,18-20,23,28-29H2,1-2H3,(H,37,39). The van der Waals surface area contributed by atoms with Gasteiger partial charge in [0.05, 0.1) is 23.8 Å². The first-order chi connectivity index (χ1) is 20.5. The van der Waals surface area contributed by atoms with Crippen LogP contribution in [0.5, 0.6) is 5.75 Å². The molecule has 0 bridgehead atoms. The van der Waals surface area contributed by atoms with Crippen molar-refractivity contribution in [2.75, 3.05) is 13.2 Å². The largest absolute Gasteiger partial charge is 0.490 e. The second-order valence-electron chi connectivity index (χ2n) is 11.2. The molecule has 0 saturated carbocycles. The quantitative estimate of drug-likeness (QED) is 0.105. The molecule has 42 heavy (non-hydrogen) atoms. The van der Waals surface area contributed by atoms with Gasteiger partial charge in [-0.25, -0.2) is 4.79 Å². The minimum Gasteiger partial charge on any atom is -0.490 e. The van der Waals surface area contributed by atoms with E-state index in [2.05, 4.69) is 19.2 Å². The summed E-state index contributed by atoms with van der Waals surface area (Å²) in [6.45, 7) is 5.23. The summed E-state index contributed by atoms with van der Waals surface area (Å²) in [4.78, 5) is 37.7. The van der Waals surface area contributed by atoms with Crippen LogP contribution in [0, 0.1) is 0 Å². The Labute approximate surface area is 253 Å². The molecule has 0 aliphatic carbocycles. The zero-order chi connectivity index (χ0) is 30.3. The van der Waals surface area contributed by atoms with Gasteiger partial charge in [0, 0.05) is 6.54 Å². The Balaban J connectivity index is 1.78. The molecular weight excluding hydrogens is 526 g/mol. The fraction of sp³-hybridized carbons (Fsp3) is 0.583. The molecule has 1 atom stereocenters. The fourth-order valence-corrected chi connectivity index (χ4v) is 4.93. The first-order valence-corrected chi connectivity index (χ1v) is 16.4. The Hall–Kier alpha value is -3.15. The Morgan fingerprint density at radius 3 is 1.98 bits per heavy atom. The molecule has 0 saturated heterocycles. The van der Waals surface area contributed by atoms with Crippen molar-refractivity contribution < 1.29 is 19.1 Å². The highest BCUT2D eigenvalue weighted by Gasteiger charge is 2.14. The number of amides is 1. The summed E-state index contributed by atoms with van der Waals surface area (Å²) in [6.07, 6.45) is 18.0. The Morgan fingerprint density at radius 1 is 0.690 bits per heavy atom. The summed E-state index contributed by atoms with van der Waals surface area (Å²) in [6, 6.07) is 15.5. The highest BCUT2D eigenvalue weighted by Crippen LogP contribution is 2.19. The third kappa shape index (κ3) is 15.2. The second-order valence-corrected chi connectivity index (χ2v) is 11.2. The zero-order valence-electron chi connectivity index (χ0n) is 26.0. The average Bonchev–Trinajstić information content (AvgIpc) is 3.20. The zero-order valence-corrected chi connectivity index (χ0v) is 26.0. The Bertz CT molecular complexity index is 1070. The van der Waals surface area contributed by atoms with Crippen LogP contribution in [0.25, 0.3) is 0 Å². The van der Waals surface area contributed by atoms with Crippen LogP contribution in [-0.4, -0.2) is 31.1 Å². The number of ether oxygens (including phenoxy) is 2. The highest BCUT2D eigenvalue weighted by molar-refractivity contribution is 5.95. The molecule has 0 aliphatic rings. The maximum Gasteiger partial charge on any atom is 0.338 e. The number of esters is 1. The molecule has 0 fully saturated rings. The molecule has 0 radical (unpaired) electrons. The number of nitrogens with one attached hydrogen (secondary N) is 1. The first-order valence-electron chi connectivity index (χ1n) is 16.4. The number of carbonyl (C=O) groups is 2. The van der Waals surface area contributed by atoms with Crippen molar-refractivity contribution in [3.05, 3.63) is 75.9 Å². The van der Waals surface area contributed by atoms with E-state index < -0.39 is 17.3 Å². The summed E-state index contributed by atoms with van der Waals surface area (Å²) in [5, 5.41) is 2.83. The summed E-state index contributed by atoms with van der Waals surface area (Å²) in [7, 11) is 0. The molecule has 2 rings (SSSR count). The SMILES string of the molecule is CCCCCCCCCNC(=O)c1ccc(C(=O)OCCCC(CCCCCCCC)Oc2ccccc2)ccc1=O. The Kier molecular flexibility index (Phi) is 18.7. The van der Waals surface area contributed by atoms with E-state index in [-0.39, 0.29) is 23.8 Å². The van der Waals surface area contributed by atoms with E-state index in [0.717, 1.165) is 44.3 Å². The molecule has 6 heteroatoms. The van der Waals surface area contributed by atoms with Crippen molar-refractivity contribution in [2.45, 2.75) is 123 Å². The molecule has 232 valence electrons. The molecule has 0 heterocycles. The normalized spacial score (nSPS) is 11.6. The minimum absolute atomic E-state index is 0.0348. The van der Waals surface area contributed by atoms with Crippen molar-refractivity contribution in [2.24, 2.45) is 0 Å². The highest BCUT2D eigenvalue weighted by atomic mass is 16.5. The van der Waals surface area contributed by atoms with Crippen LogP contribution in [0.3, 0.4) is 0 Å². The van der Waals surface area contributed by atoms with Gasteiger partial charge in [-0.05, 0) is 68.5 Å². The van der Waals surface area contributed by atoms with E-state index in [1.54, 1.807) is 0 Å². The van der Waals surface area contributed by atoms with Crippen LogP contribution < -0.4 is 15.5 Å². The molecule has 2 aromatic rings.